The predicted octanol–water partition coefficient (Wildman–Crippen LogP) is 4.84. The van der Waals surface area contributed by atoms with E-state index in [0.29, 0.717) is 37.7 Å². The highest BCUT2D eigenvalue weighted by molar-refractivity contribution is 7.89. The van der Waals surface area contributed by atoms with Gasteiger partial charge in [0.05, 0.1) is 43.1 Å². The molecule has 5 rings (SSSR count). The number of aromatic nitrogens is 1. The summed E-state index contributed by atoms with van der Waals surface area (Å²) in [5.41, 5.74) is 5.05. The van der Waals surface area contributed by atoms with Gasteiger partial charge in [0.2, 0.25) is 10.0 Å². The van der Waals surface area contributed by atoms with Crippen molar-refractivity contribution in [1.29, 1.82) is 0 Å². The van der Waals surface area contributed by atoms with Crippen molar-refractivity contribution in [3.8, 4) is 17.0 Å². The Morgan fingerprint density at radius 2 is 1.73 bits per heavy atom. The number of nitrogens with zero attached hydrogens (tertiary/aromatic N) is 3. The third-order valence-electron chi connectivity index (χ3n) is 6.28. The van der Waals surface area contributed by atoms with Crippen LogP contribution in [-0.2, 0) is 21.3 Å². The number of morpholine rings is 1. The van der Waals surface area contributed by atoms with Crippen molar-refractivity contribution < 1.29 is 17.9 Å². The van der Waals surface area contributed by atoms with E-state index in [1.165, 1.54) is 4.31 Å². The number of rotatable bonds is 7. The molecule has 3 aromatic carbocycles. The smallest absolute Gasteiger partial charge is 0.243 e. The molecule has 0 bridgehead atoms. The Kier molecular flexibility index (Phi) is 7.57. The number of ether oxygens (including phenoxy) is 2. The second-order valence-electron chi connectivity index (χ2n) is 8.83. The molecule has 2 heterocycles. The topological polar surface area (TPSA) is 73.1 Å². The number of methoxy groups -OCH3 is 1. The van der Waals surface area contributed by atoms with Gasteiger partial charge in [0.1, 0.15) is 5.75 Å². The molecule has 37 heavy (non-hydrogen) atoms. The molecule has 1 aromatic heterocycles. The molecule has 7 nitrogen and oxygen atoms in total. The fourth-order valence-corrected chi connectivity index (χ4v) is 6.59. The first-order valence-electron chi connectivity index (χ1n) is 12.0. The molecule has 0 amide bonds. The van der Waals surface area contributed by atoms with E-state index in [2.05, 4.69) is 29.0 Å². The maximum absolute atomic E-state index is 13.1. The van der Waals surface area contributed by atoms with Crippen molar-refractivity contribution in [2.45, 2.75) is 18.4 Å². The molecule has 1 aliphatic heterocycles. The van der Waals surface area contributed by atoms with Crippen LogP contribution < -0.4 is 9.54 Å². The zero-order valence-corrected chi connectivity index (χ0v) is 22.5. The van der Waals surface area contributed by atoms with E-state index in [9.17, 15) is 8.42 Å². The average Bonchev–Trinajstić information content (AvgIpc) is 3.31. The van der Waals surface area contributed by atoms with Crippen molar-refractivity contribution in [2.24, 2.45) is 4.99 Å². The van der Waals surface area contributed by atoms with E-state index >= 15 is 0 Å². The van der Waals surface area contributed by atoms with E-state index < -0.39 is 10.0 Å². The lowest BCUT2D eigenvalue weighted by molar-refractivity contribution is 0.0730. The summed E-state index contributed by atoms with van der Waals surface area (Å²) in [5.74, 6) is 0.807. The highest BCUT2D eigenvalue weighted by Crippen LogP contribution is 2.26. The van der Waals surface area contributed by atoms with E-state index in [0.717, 1.165) is 38.6 Å². The molecule has 0 spiro atoms. The van der Waals surface area contributed by atoms with Crippen LogP contribution in [0.25, 0.3) is 11.3 Å². The Bertz CT molecular complexity index is 1530. The standard InChI is InChI=1S/C28H29N3O4S2/c1-21-4-3-5-24(18-21)29-28-31(19-22-6-10-25(34-2)11-7-22)27(20-36-28)23-8-12-26(13-9-23)37(32,33)30-14-16-35-17-15-30/h3-13,18,20H,14-17,19H2,1-2H3. The van der Waals surface area contributed by atoms with Gasteiger partial charge in [0, 0.05) is 18.5 Å². The molecule has 9 heteroatoms. The molecule has 0 aliphatic carbocycles. The summed E-state index contributed by atoms with van der Waals surface area (Å²) in [6.07, 6.45) is 0. The van der Waals surface area contributed by atoms with Gasteiger partial charge in [-0.05, 0) is 60.0 Å². The lowest BCUT2D eigenvalue weighted by atomic mass is 10.1. The van der Waals surface area contributed by atoms with Gasteiger partial charge in [0.15, 0.2) is 4.80 Å². The second-order valence-corrected chi connectivity index (χ2v) is 11.6. The van der Waals surface area contributed by atoms with Gasteiger partial charge in [-0.1, -0.05) is 36.4 Å². The summed E-state index contributed by atoms with van der Waals surface area (Å²) in [4.78, 5) is 6.09. The van der Waals surface area contributed by atoms with Gasteiger partial charge >= 0.3 is 0 Å². The van der Waals surface area contributed by atoms with Crippen LogP contribution in [0.2, 0.25) is 0 Å². The Morgan fingerprint density at radius 1 is 1.00 bits per heavy atom. The lowest BCUT2D eigenvalue weighted by Crippen LogP contribution is -2.40. The van der Waals surface area contributed by atoms with Gasteiger partial charge in [-0.3, -0.25) is 0 Å². The maximum atomic E-state index is 13.1. The molecule has 0 N–H and O–H groups in total. The summed E-state index contributed by atoms with van der Waals surface area (Å²) in [6.45, 7) is 4.26. The number of hydrogen-bond acceptors (Lipinski definition) is 6. The van der Waals surface area contributed by atoms with Gasteiger partial charge < -0.3 is 14.0 Å². The number of benzene rings is 3. The van der Waals surface area contributed by atoms with E-state index in [1.54, 1.807) is 30.6 Å². The van der Waals surface area contributed by atoms with Crippen LogP contribution in [0.3, 0.4) is 0 Å². The summed E-state index contributed by atoms with van der Waals surface area (Å²) in [6, 6.07) is 23.2. The third kappa shape index (κ3) is 5.70. The van der Waals surface area contributed by atoms with Crippen LogP contribution >= 0.6 is 11.3 Å². The van der Waals surface area contributed by atoms with Crippen molar-refractivity contribution >= 4 is 27.0 Å². The summed E-state index contributed by atoms with van der Waals surface area (Å²) in [5, 5.41) is 2.07. The molecule has 0 saturated carbocycles. The third-order valence-corrected chi connectivity index (χ3v) is 9.06. The maximum Gasteiger partial charge on any atom is 0.243 e. The zero-order chi connectivity index (χ0) is 25.8. The fraction of sp³-hybridized carbons (Fsp3) is 0.250. The minimum Gasteiger partial charge on any atom is -0.497 e. The van der Waals surface area contributed by atoms with Gasteiger partial charge in [0.25, 0.3) is 0 Å². The summed E-state index contributed by atoms with van der Waals surface area (Å²) >= 11 is 1.56. The molecule has 0 atom stereocenters. The number of thiazole rings is 1. The highest BCUT2D eigenvalue weighted by atomic mass is 32.2. The predicted molar refractivity (Wildman–Crippen MR) is 146 cm³/mol. The van der Waals surface area contributed by atoms with Crippen LogP contribution in [0.4, 0.5) is 5.69 Å². The number of aryl methyl sites for hydroxylation is 1. The Hall–Kier alpha value is -3.24. The van der Waals surface area contributed by atoms with Gasteiger partial charge in [-0.2, -0.15) is 4.31 Å². The van der Waals surface area contributed by atoms with Crippen LogP contribution in [0.1, 0.15) is 11.1 Å². The first-order chi connectivity index (χ1) is 17.9. The Labute approximate surface area is 221 Å². The first-order valence-corrected chi connectivity index (χ1v) is 14.4. The van der Waals surface area contributed by atoms with Gasteiger partial charge in [-0.15, -0.1) is 11.3 Å². The van der Waals surface area contributed by atoms with Crippen molar-refractivity contribution in [3.05, 3.63) is 94.1 Å². The normalized spacial score (nSPS) is 15.1. The van der Waals surface area contributed by atoms with Crippen molar-refractivity contribution in [3.63, 3.8) is 0 Å². The van der Waals surface area contributed by atoms with E-state index in [-0.39, 0.29) is 0 Å². The Morgan fingerprint density at radius 3 is 2.41 bits per heavy atom. The Balaban J connectivity index is 1.53. The monoisotopic (exact) mass is 535 g/mol. The molecule has 192 valence electrons. The van der Waals surface area contributed by atoms with Crippen LogP contribution in [0.15, 0.2) is 88.1 Å². The average molecular weight is 536 g/mol. The SMILES string of the molecule is COc1ccc(Cn2c(-c3ccc(S(=O)(=O)N4CCOCC4)cc3)csc2=Nc2cccc(C)c2)cc1. The summed E-state index contributed by atoms with van der Waals surface area (Å²) < 4.78 is 40.4. The van der Waals surface area contributed by atoms with Crippen LogP contribution in [0.5, 0.6) is 5.75 Å². The molecular weight excluding hydrogens is 506 g/mol. The molecule has 4 aromatic rings. The fourth-order valence-electron chi connectivity index (χ4n) is 4.26. The molecular formula is C28H29N3O4S2. The quantitative estimate of drug-likeness (QED) is 0.340. The summed E-state index contributed by atoms with van der Waals surface area (Å²) in [7, 11) is -1.89. The largest absolute Gasteiger partial charge is 0.497 e. The number of sulfonamides is 1. The highest BCUT2D eigenvalue weighted by Gasteiger charge is 2.26. The molecule has 0 radical (unpaired) electrons. The van der Waals surface area contributed by atoms with Crippen LogP contribution in [0, 0.1) is 6.92 Å². The minimum absolute atomic E-state index is 0.291. The van der Waals surface area contributed by atoms with E-state index in [4.69, 9.17) is 14.5 Å². The first kappa shape index (κ1) is 25.4. The van der Waals surface area contributed by atoms with Gasteiger partial charge in [-0.25, -0.2) is 13.4 Å². The van der Waals surface area contributed by atoms with Crippen molar-refractivity contribution in [1.82, 2.24) is 8.87 Å². The molecule has 1 fully saturated rings. The van der Waals surface area contributed by atoms with Crippen molar-refractivity contribution in [2.75, 3.05) is 33.4 Å². The van der Waals surface area contributed by atoms with E-state index in [1.807, 2.05) is 48.5 Å². The van der Waals surface area contributed by atoms with Crippen LogP contribution in [-0.4, -0.2) is 50.7 Å². The minimum atomic E-state index is -3.55. The number of hydrogen-bond donors (Lipinski definition) is 0. The zero-order valence-electron chi connectivity index (χ0n) is 20.8. The molecule has 0 unspecified atom stereocenters. The molecule has 1 saturated heterocycles. The second kappa shape index (κ2) is 11.0. The lowest BCUT2D eigenvalue weighted by Gasteiger charge is -2.26. The molecule has 1 aliphatic rings.